The lowest BCUT2D eigenvalue weighted by atomic mass is 10.2. The Hall–Kier alpha value is -2.24. The Labute approximate surface area is 171 Å². The molecule has 1 fully saturated rings. The van der Waals surface area contributed by atoms with Crippen LogP contribution in [0.25, 0.3) is 0 Å². The van der Waals surface area contributed by atoms with Crippen molar-refractivity contribution in [3.8, 4) is 17.2 Å². The molecule has 0 spiro atoms. The molecule has 0 saturated carbocycles. The molecule has 150 valence electrons. The van der Waals surface area contributed by atoms with Gasteiger partial charge in [-0.15, -0.1) is 0 Å². The first-order valence-electron chi connectivity index (χ1n) is 9.61. The van der Waals surface area contributed by atoms with Crippen LogP contribution >= 0.6 is 11.6 Å². The molecule has 0 aliphatic carbocycles. The summed E-state index contributed by atoms with van der Waals surface area (Å²) in [6.45, 7) is 2.61. The maximum Gasteiger partial charge on any atom is 0.305 e. The Morgan fingerprint density at radius 1 is 1.07 bits per heavy atom. The summed E-state index contributed by atoms with van der Waals surface area (Å²) in [7, 11) is 1.43. The van der Waals surface area contributed by atoms with Gasteiger partial charge in [0.25, 0.3) is 0 Å². The van der Waals surface area contributed by atoms with Gasteiger partial charge in [-0.05, 0) is 80.9 Å². The molecule has 6 heteroatoms. The molecule has 0 amide bonds. The Balaban J connectivity index is 1.44. The van der Waals surface area contributed by atoms with Crippen LogP contribution in [0.5, 0.6) is 17.2 Å². The van der Waals surface area contributed by atoms with Crippen LogP contribution in [-0.4, -0.2) is 43.7 Å². The average molecular weight is 404 g/mol. The number of esters is 1. The first kappa shape index (κ1) is 20.5. The van der Waals surface area contributed by atoms with Crippen LogP contribution in [0, 0.1) is 0 Å². The number of ether oxygens (including phenoxy) is 3. The van der Waals surface area contributed by atoms with E-state index in [2.05, 4.69) is 4.90 Å². The van der Waals surface area contributed by atoms with Gasteiger partial charge in [-0.25, -0.2) is 0 Å². The first-order valence-corrected chi connectivity index (χ1v) is 9.99. The summed E-state index contributed by atoms with van der Waals surface area (Å²) in [6.07, 6.45) is 3.58. The van der Waals surface area contributed by atoms with E-state index in [4.69, 9.17) is 25.8 Å². The van der Waals surface area contributed by atoms with Crippen molar-refractivity contribution in [2.24, 2.45) is 0 Å². The summed E-state index contributed by atoms with van der Waals surface area (Å²) in [5, 5.41) is 0.683. The van der Waals surface area contributed by atoms with Gasteiger partial charge in [-0.3, -0.25) is 9.69 Å². The third-order valence-electron chi connectivity index (χ3n) is 4.87. The highest BCUT2D eigenvalue weighted by molar-refractivity contribution is 6.30. The monoisotopic (exact) mass is 403 g/mol. The van der Waals surface area contributed by atoms with Crippen molar-refractivity contribution < 1.29 is 19.0 Å². The van der Waals surface area contributed by atoms with Gasteiger partial charge in [0.1, 0.15) is 23.9 Å². The predicted octanol–water partition coefficient (Wildman–Crippen LogP) is 4.93. The Kier molecular flexibility index (Phi) is 7.57. The summed E-state index contributed by atoms with van der Waals surface area (Å²) < 4.78 is 16.5. The molecule has 1 unspecified atom stereocenters. The molecule has 1 heterocycles. The molecule has 28 heavy (non-hydrogen) atoms. The maximum atomic E-state index is 11.3. The van der Waals surface area contributed by atoms with Crippen LogP contribution in [-0.2, 0) is 9.53 Å². The van der Waals surface area contributed by atoms with Crippen molar-refractivity contribution in [2.45, 2.75) is 31.7 Å². The van der Waals surface area contributed by atoms with Crippen LogP contribution in [0.2, 0.25) is 5.02 Å². The van der Waals surface area contributed by atoms with E-state index in [1.54, 1.807) is 12.1 Å². The van der Waals surface area contributed by atoms with Crippen molar-refractivity contribution >= 4 is 17.6 Å². The smallest absolute Gasteiger partial charge is 0.305 e. The van der Waals surface area contributed by atoms with Crippen LogP contribution in [0.3, 0.4) is 0 Å². The topological polar surface area (TPSA) is 48.0 Å². The first-order chi connectivity index (χ1) is 13.6. The minimum absolute atomic E-state index is 0.145. The number of methoxy groups -OCH3 is 1. The molecule has 2 aromatic carbocycles. The minimum atomic E-state index is -0.145. The lowest BCUT2D eigenvalue weighted by Crippen LogP contribution is -2.35. The van der Waals surface area contributed by atoms with E-state index in [-0.39, 0.29) is 5.97 Å². The van der Waals surface area contributed by atoms with E-state index in [9.17, 15) is 4.79 Å². The molecule has 0 radical (unpaired) electrons. The minimum Gasteiger partial charge on any atom is -0.492 e. The van der Waals surface area contributed by atoms with Gasteiger partial charge in [0.15, 0.2) is 0 Å². The van der Waals surface area contributed by atoms with Crippen molar-refractivity contribution in [3.63, 3.8) is 0 Å². The zero-order valence-electron chi connectivity index (χ0n) is 16.1. The van der Waals surface area contributed by atoms with Gasteiger partial charge >= 0.3 is 5.97 Å². The van der Waals surface area contributed by atoms with Gasteiger partial charge in [0.2, 0.25) is 0 Å². The fraction of sp³-hybridized carbons (Fsp3) is 0.409. The molecule has 5 nitrogen and oxygen atoms in total. The number of carbonyl (C=O) groups is 1. The lowest BCUT2D eigenvalue weighted by Gasteiger charge is -2.24. The number of nitrogens with zero attached hydrogens (tertiary/aromatic N) is 1. The van der Waals surface area contributed by atoms with E-state index >= 15 is 0 Å². The molecule has 2 aromatic rings. The second-order valence-electron chi connectivity index (χ2n) is 6.85. The van der Waals surface area contributed by atoms with Crippen molar-refractivity contribution in [2.75, 3.05) is 26.8 Å². The molecule has 1 aliphatic rings. The third-order valence-corrected chi connectivity index (χ3v) is 5.12. The molecular weight excluding hydrogens is 378 g/mol. The summed E-state index contributed by atoms with van der Waals surface area (Å²) >= 11 is 5.89. The van der Waals surface area contributed by atoms with E-state index in [1.807, 2.05) is 36.4 Å². The van der Waals surface area contributed by atoms with Gasteiger partial charge in [0.05, 0.1) is 7.11 Å². The van der Waals surface area contributed by atoms with Gasteiger partial charge in [-0.2, -0.15) is 0 Å². The number of hydrogen-bond donors (Lipinski definition) is 0. The molecule has 1 atom stereocenters. The SMILES string of the molecule is COC(=O)CCCN1CCCC1COc1ccc(Oc2ccc(Cl)cc2)cc1. The zero-order chi connectivity index (χ0) is 19.8. The number of carbonyl (C=O) groups excluding carboxylic acids is 1. The van der Waals surface area contributed by atoms with Gasteiger partial charge < -0.3 is 14.2 Å². The van der Waals surface area contributed by atoms with Gasteiger partial charge in [0, 0.05) is 17.5 Å². The summed E-state index contributed by atoms with van der Waals surface area (Å²) in [6, 6.07) is 15.3. The fourth-order valence-electron chi connectivity index (χ4n) is 3.34. The fourth-order valence-corrected chi connectivity index (χ4v) is 3.47. The molecule has 1 aliphatic heterocycles. The predicted molar refractivity (Wildman–Crippen MR) is 109 cm³/mol. The van der Waals surface area contributed by atoms with E-state index in [0.29, 0.717) is 24.1 Å². The molecular formula is C22H26ClNO4. The summed E-state index contributed by atoms with van der Waals surface area (Å²) in [5.74, 6) is 2.17. The number of likely N-dealkylation sites (tertiary alicyclic amines) is 1. The van der Waals surface area contributed by atoms with E-state index < -0.39 is 0 Å². The summed E-state index contributed by atoms with van der Waals surface area (Å²) in [5.41, 5.74) is 0. The molecule has 0 bridgehead atoms. The highest BCUT2D eigenvalue weighted by Crippen LogP contribution is 2.26. The largest absolute Gasteiger partial charge is 0.492 e. The number of benzene rings is 2. The van der Waals surface area contributed by atoms with E-state index in [1.165, 1.54) is 13.5 Å². The number of rotatable bonds is 9. The second-order valence-corrected chi connectivity index (χ2v) is 7.29. The Morgan fingerprint density at radius 2 is 1.71 bits per heavy atom. The van der Waals surface area contributed by atoms with Crippen LogP contribution in [0.1, 0.15) is 25.7 Å². The van der Waals surface area contributed by atoms with E-state index in [0.717, 1.165) is 43.2 Å². The Morgan fingerprint density at radius 3 is 2.39 bits per heavy atom. The normalized spacial score (nSPS) is 16.7. The van der Waals surface area contributed by atoms with Crippen molar-refractivity contribution in [3.05, 3.63) is 53.6 Å². The molecule has 1 saturated heterocycles. The highest BCUT2D eigenvalue weighted by atomic mass is 35.5. The van der Waals surface area contributed by atoms with Crippen molar-refractivity contribution in [1.29, 1.82) is 0 Å². The third kappa shape index (κ3) is 6.14. The van der Waals surface area contributed by atoms with Crippen LogP contribution in [0.15, 0.2) is 48.5 Å². The molecule has 0 aromatic heterocycles. The highest BCUT2D eigenvalue weighted by Gasteiger charge is 2.24. The quantitative estimate of drug-likeness (QED) is 0.555. The molecule has 0 N–H and O–H groups in total. The zero-order valence-corrected chi connectivity index (χ0v) is 16.9. The standard InChI is InChI=1S/C22H26ClNO4/c1-26-22(25)5-3-15-24-14-2-4-18(24)16-27-19-10-12-21(13-11-19)28-20-8-6-17(23)7-9-20/h6-13,18H,2-5,14-16H2,1H3. The number of halogens is 1. The summed E-state index contributed by atoms with van der Waals surface area (Å²) in [4.78, 5) is 13.7. The van der Waals surface area contributed by atoms with Crippen molar-refractivity contribution in [1.82, 2.24) is 4.90 Å². The van der Waals surface area contributed by atoms with Crippen LogP contribution in [0.4, 0.5) is 0 Å². The second kappa shape index (κ2) is 10.3. The molecule has 3 rings (SSSR count). The average Bonchev–Trinajstić information content (AvgIpc) is 3.16. The maximum absolute atomic E-state index is 11.3. The lowest BCUT2D eigenvalue weighted by molar-refractivity contribution is -0.140. The van der Waals surface area contributed by atoms with Crippen LogP contribution < -0.4 is 9.47 Å². The number of hydrogen-bond acceptors (Lipinski definition) is 5. The van der Waals surface area contributed by atoms with Gasteiger partial charge in [-0.1, -0.05) is 11.6 Å². The Bertz CT molecular complexity index is 748.